The second-order valence-electron chi connectivity index (χ2n) is 5.21. The van der Waals surface area contributed by atoms with E-state index in [1.807, 2.05) is 0 Å². The van der Waals surface area contributed by atoms with E-state index in [-0.39, 0.29) is 30.2 Å². The number of aliphatic carboxylic acids is 1. The number of carboxylic acid groups (broad SMARTS) is 1. The van der Waals surface area contributed by atoms with Crippen LogP contribution in [0.15, 0.2) is 49.1 Å². The van der Waals surface area contributed by atoms with Gasteiger partial charge in [-0.15, -0.1) is 6.58 Å². The topological polar surface area (TPSA) is 57.6 Å². The molecule has 0 bridgehead atoms. The normalized spacial score (nSPS) is 21.2. The van der Waals surface area contributed by atoms with E-state index in [0.29, 0.717) is 12.8 Å². The maximum Gasteiger partial charge on any atom is 0.328 e. The lowest BCUT2D eigenvalue weighted by atomic mass is 10.0. The average Bonchev–Trinajstić information content (AvgIpc) is 2.89. The Morgan fingerprint density at radius 2 is 2.18 bits per heavy atom. The van der Waals surface area contributed by atoms with E-state index in [0.717, 1.165) is 11.6 Å². The number of hydrogen-bond donors (Lipinski definition) is 1. The second-order valence-corrected chi connectivity index (χ2v) is 5.21. The number of carbonyl (C=O) groups is 2. The van der Waals surface area contributed by atoms with Crippen molar-refractivity contribution in [2.45, 2.75) is 31.3 Å². The second kappa shape index (κ2) is 7.02. The molecule has 2 rings (SSSR count). The molecule has 0 spiro atoms. The summed E-state index contributed by atoms with van der Waals surface area (Å²) in [6, 6.07) is 5.63. The minimum Gasteiger partial charge on any atom is -0.478 e. The smallest absolute Gasteiger partial charge is 0.328 e. The van der Waals surface area contributed by atoms with Gasteiger partial charge in [0.2, 0.25) is 5.91 Å². The van der Waals surface area contributed by atoms with Gasteiger partial charge in [-0.2, -0.15) is 0 Å². The summed E-state index contributed by atoms with van der Waals surface area (Å²) in [4.78, 5) is 24.7. The zero-order chi connectivity index (χ0) is 16.1. The van der Waals surface area contributed by atoms with Crippen LogP contribution < -0.4 is 0 Å². The van der Waals surface area contributed by atoms with Crippen molar-refractivity contribution in [1.82, 2.24) is 4.90 Å². The zero-order valence-corrected chi connectivity index (χ0v) is 12.1. The van der Waals surface area contributed by atoms with Crippen LogP contribution in [-0.4, -0.2) is 27.9 Å². The van der Waals surface area contributed by atoms with Crippen molar-refractivity contribution in [2.24, 2.45) is 0 Å². The summed E-state index contributed by atoms with van der Waals surface area (Å²) in [7, 11) is 0. The van der Waals surface area contributed by atoms with Crippen LogP contribution in [0.2, 0.25) is 0 Å². The fraction of sp³-hybridized carbons (Fsp3) is 0.294. The van der Waals surface area contributed by atoms with E-state index >= 15 is 0 Å². The molecule has 1 aliphatic rings. The van der Waals surface area contributed by atoms with Crippen molar-refractivity contribution >= 4 is 11.9 Å². The summed E-state index contributed by atoms with van der Waals surface area (Å²) in [6.45, 7) is 3.56. The highest BCUT2D eigenvalue weighted by Crippen LogP contribution is 2.37. The molecule has 1 saturated heterocycles. The molecule has 0 aromatic heterocycles. The first-order valence-corrected chi connectivity index (χ1v) is 7.11. The van der Waals surface area contributed by atoms with Crippen LogP contribution in [-0.2, 0) is 9.59 Å². The molecular formula is C17H18FNO3. The summed E-state index contributed by atoms with van der Waals surface area (Å²) in [5.74, 6) is -1.54. The number of nitrogens with zero attached hydrogens (tertiary/aromatic N) is 1. The van der Waals surface area contributed by atoms with Crippen molar-refractivity contribution in [3.63, 3.8) is 0 Å². The Balaban J connectivity index is 2.30. The maximum absolute atomic E-state index is 13.4. The molecule has 1 aromatic rings. The molecular weight excluding hydrogens is 285 g/mol. The van der Waals surface area contributed by atoms with Crippen LogP contribution in [0.1, 0.15) is 30.9 Å². The van der Waals surface area contributed by atoms with E-state index in [4.69, 9.17) is 5.11 Å². The first-order chi connectivity index (χ1) is 10.5. The van der Waals surface area contributed by atoms with Crippen LogP contribution >= 0.6 is 0 Å². The number of halogens is 1. The molecule has 5 heteroatoms. The minimum absolute atomic E-state index is 0.137. The Morgan fingerprint density at radius 1 is 1.41 bits per heavy atom. The molecule has 0 aliphatic carbocycles. The molecule has 116 valence electrons. The lowest BCUT2D eigenvalue weighted by molar-refractivity contribution is -0.133. The van der Waals surface area contributed by atoms with Crippen LogP contribution in [0, 0.1) is 5.82 Å². The zero-order valence-electron chi connectivity index (χ0n) is 12.1. The predicted molar refractivity (Wildman–Crippen MR) is 80.6 cm³/mol. The number of carboxylic acids is 1. The van der Waals surface area contributed by atoms with Gasteiger partial charge in [0.05, 0.1) is 12.1 Å². The number of hydrogen-bond acceptors (Lipinski definition) is 2. The molecule has 0 saturated carbocycles. The van der Waals surface area contributed by atoms with Gasteiger partial charge in [-0.3, -0.25) is 4.79 Å². The first-order valence-electron chi connectivity index (χ1n) is 7.11. The fourth-order valence-electron chi connectivity index (χ4n) is 2.85. The predicted octanol–water partition coefficient (Wildman–Crippen LogP) is 3.07. The molecule has 1 amide bonds. The van der Waals surface area contributed by atoms with Crippen LogP contribution in [0.25, 0.3) is 0 Å². The summed E-state index contributed by atoms with van der Waals surface area (Å²) in [5.41, 5.74) is 0.726. The Labute approximate surface area is 128 Å². The Morgan fingerprint density at radius 3 is 2.82 bits per heavy atom. The van der Waals surface area contributed by atoms with Gasteiger partial charge in [-0.1, -0.05) is 24.3 Å². The molecule has 1 N–H and O–H groups in total. The van der Waals surface area contributed by atoms with E-state index in [2.05, 4.69) is 6.58 Å². The Hall–Kier alpha value is -2.43. The lowest BCUT2D eigenvalue weighted by Gasteiger charge is -2.29. The quantitative estimate of drug-likeness (QED) is 0.672. The van der Waals surface area contributed by atoms with Gasteiger partial charge in [0.1, 0.15) is 5.82 Å². The van der Waals surface area contributed by atoms with Crippen molar-refractivity contribution in [3.05, 3.63) is 60.5 Å². The molecule has 0 radical (unpaired) electrons. The molecule has 1 aromatic carbocycles. The van der Waals surface area contributed by atoms with Crippen LogP contribution in [0.4, 0.5) is 4.39 Å². The summed E-state index contributed by atoms with van der Waals surface area (Å²) < 4.78 is 13.4. The minimum atomic E-state index is -1.05. The largest absolute Gasteiger partial charge is 0.478 e. The monoisotopic (exact) mass is 303 g/mol. The Bertz CT molecular complexity index is 612. The average molecular weight is 303 g/mol. The molecule has 4 nitrogen and oxygen atoms in total. The highest BCUT2D eigenvalue weighted by atomic mass is 19.1. The molecule has 0 unspecified atom stereocenters. The first kappa shape index (κ1) is 15.9. The highest BCUT2D eigenvalue weighted by molar-refractivity contribution is 5.81. The van der Waals surface area contributed by atoms with Gasteiger partial charge in [0, 0.05) is 12.5 Å². The van der Waals surface area contributed by atoms with Gasteiger partial charge in [-0.25, -0.2) is 9.18 Å². The number of carbonyl (C=O) groups excluding carboxylic acids is 1. The summed E-state index contributed by atoms with van der Waals surface area (Å²) in [5, 5.41) is 8.77. The van der Waals surface area contributed by atoms with E-state index in [9.17, 15) is 14.0 Å². The molecule has 1 aliphatic heterocycles. The van der Waals surface area contributed by atoms with Crippen LogP contribution in [0.5, 0.6) is 0 Å². The highest BCUT2D eigenvalue weighted by Gasteiger charge is 2.35. The Kier molecular flexibility index (Phi) is 5.09. The standard InChI is InChI=1S/C17H18FNO3/c1-2-4-16(20)19-14(8-10-17(21)22)7-9-15(19)12-5-3-6-13(18)11-12/h2-3,5-6,8,10-11,14-15H,1,4,7,9H2,(H,21,22)/b10-8+/t14-,15+/m1/s1. The van der Waals surface area contributed by atoms with Gasteiger partial charge < -0.3 is 10.0 Å². The SMILES string of the molecule is C=CCC(=O)N1[C@@H](/C=C/C(=O)O)CC[C@H]1c1cccc(F)c1. The number of amides is 1. The van der Waals surface area contributed by atoms with Crippen molar-refractivity contribution in [3.8, 4) is 0 Å². The molecule has 2 atom stereocenters. The summed E-state index contributed by atoms with van der Waals surface area (Å²) in [6.07, 6.45) is 5.56. The third-order valence-corrected chi connectivity index (χ3v) is 3.73. The van der Waals surface area contributed by atoms with Crippen LogP contribution in [0.3, 0.4) is 0 Å². The van der Waals surface area contributed by atoms with E-state index in [1.165, 1.54) is 24.3 Å². The molecule has 22 heavy (non-hydrogen) atoms. The van der Waals surface area contributed by atoms with Crippen molar-refractivity contribution < 1.29 is 19.1 Å². The van der Waals surface area contributed by atoms with Gasteiger partial charge in [0.15, 0.2) is 0 Å². The lowest BCUT2D eigenvalue weighted by Crippen LogP contribution is -2.36. The van der Waals surface area contributed by atoms with Gasteiger partial charge in [0.25, 0.3) is 0 Å². The summed E-state index contributed by atoms with van der Waals surface area (Å²) >= 11 is 0. The fourth-order valence-corrected chi connectivity index (χ4v) is 2.85. The molecule has 1 heterocycles. The van der Waals surface area contributed by atoms with Gasteiger partial charge in [-0.05, 0) is 30.5 Å². The number of likely N-dealkylation sites (tertiary alicyclic amines) is 1. The van der Waals surface area contributed by atoms with Crippen molar-refractivity contribution in [2.75, 3.05) is 0 Å². The third-order valence-electron chi connectivity index (χ3n) is 3.73. The van der Waals surface area contributed by atoms with Gasteiger partial charge >= 0.3 is 5.97 Å². The number of rotatable bonds is 5. The number of benzene rings is 1. The molecule has 1 fully saturated rings. The maximum atomic E-state index is 13.4. The van der Waals surface area contributed by atoms with Crippen molar-refractivity contribution in [1.29, 1.82) is 0 Å². The third kappa shape index (κ3) is 3.61. The van der Waals surface area contributed by atoms with E-state index < -0.39 is 5.97 Å². The van der Waals surface area contributed by atoms with E-state index in [1.54, 1.807) is 17.0 Å².